The third-order valence-electron chi connectivity index (χ3n) is 2.83. The normalized spacial score (nSPS) is 13.4. The van der Waals surface area contributed by atoms with Gasteiger partial charge in [-0.15, -0.1) is 0 Å². The second kappa shape index (κ2) is 6.62. The molecule has 0 heterocycles. The molecule has 1 aromatic carbocycles. The minimum atomic E-state index is -1.26. The minimum absolute atomic E-state index is 0.0638. The van der Waals surface area contributed by atoms with Crippen molar-refractivity contribution in [3.8, 4) is 0 Å². The van der Waals surface area contributed by atoms with Crippen LogP contribution in [0.1, 0.15) is 12.0 Å². The monoisotopic (exact) mass is 282 g/mol. The van der Waals surface area contributed by atoms with Crippen molar-refractivity contribution in [3.63, 3.8) is 0 Å². The van der Waals surface area contributed by atoms with Crippen LogP contribution in [0, 0.1) is 16.0 Å². The highest BCUT2D eigenvalue weighted by atomic mass is 16.6. The van der Waals surface area contributed by atoms with Gasteiger partial charge in [0, 0.05) is 12.1 Å². The van der Waals surface area contributed by atoms with E-state index in [1.807, 2.05) is 0 Å². The van der Waals surface area contributed by atoms with E-state index in [0.29, 0.717) is 5.56 Å². The molecule has 8 heteroatoms. The second-order valence-corrected chi connectivity index (χ2v) is 4.34. The van der Waals surface area contributed by atoms with Gasteiger partial charge in [0.15, 0.2) is 0 Å². The number of carboxylic acid groups (broad SMARTS) is 2. The van der Waals surface area contributed by atoms with E-state index in [-0.39, 0.29) is 18.5 Å². The minimum Gasteiger partial charge on any atom is -0.481 e. The largest absolute Gasteiger partial charge is 0.481 e. The molecule has 0 aliphatic carbocycles. The molecule has 0 radical (unpaired) electrons. The van der Waals surface area contributed by atoms with Crippen LogP contribution in [-0.4, -0.2) is 33.1 Å². The molecule has 0 aromatic heterocycles. The molecule has 0 spiro atoms. The molecule has 0 bridgehead atoms. The van der Waals surface area contributed by atoms with Crippen LogP contribution in [0.25, 0.3) is 0 Å². The van der Waals surface area contributed by atoms with Gasteiger partial charge in [-0.1, -0.05) is 12.1 Å². The van der Waals surface area contributed by atoms with Crippen molar-refractivity contribution in [2.75, 3.05) is 0 Å². The van der Waals surface area contributed by atoms with Crippen molar-refractivity contribution in [2.24, 2.45) is 11.7 Å². The first kappa shape index (κ1) is 15.6. The number of benzene rings is 1. The Bertz CT molecular complexity index is 513. The number of non-ortho nitro benzene ring substituents is 1. The molecular weight excluding hydrogens is 268 g/mol. The van der Waals surface area contributed by atoms with E-state index in [4.69, 9.17) is 15.9 Å². The number of aliphatic carboxylic acids is 2. The molecule has 8 nitrogen and oxygen atoms in total. The summed E-state index contributed by atoms with van der Waals surface area (Å²) in [7, 11) is 0. The van der Waals surface area contributed by atoms with Gasteiger partial charge in [-0.2, -0.15) is 0 Å². The fourth-order valence-corrected chi connectivity index (χ4v) is 1.72. The number of nitrogens with zero attached hydrogens (tertiary/aromatic N) is 1. The highest BCUT2D eigenvalue weighted by molar-refractivity contribution is 5.76. The molecular formula is C12H14N2O6. The fraction of sp³-hybridized carbons (Fsp3) is 0.333. The molecule has 20 heavy (non-hydrogen) atoms. The number of nitro benzene ring substituents is 1. The summed E-state index contributed by atoms with van der Waals surface area (Å²) in [6, 6.07) is 4.17. The maximum atomic E-state index is 11.1. The zero-order valence-corrected chi connectivity index (χ0v) is 10.4. The quantitative estimate of drug-likeness (QED) is 0.491. The summed E-state index contributed by atoms with van der Waals surface area (Å²) < 4.78 is 0. The molecule has 0 aliphatic rings. The number of nitrogens with two attached hydrogens (primary N) is 1. The van der Waals surface area contributed by atoms with Crippen molar-refractivity contribution >= 4 is 17.6 Å². The number of hydrogen-bond donors (Lipinski definition) is 3. The number of carbonyl (C=O) groups is 2. The predicted octanol–water partition coefficient (Wildman–Crippen LogP) is 0.640. The lowest BCUT2D eigenvalue weighted by Gasteiger charge is -2.14. The maximum absolute atomic E-state index is 11.1. The van der Waals surface area contributed by atoms with E-state index in [1.165, 1.54) is 24.3 Å². The van der Waals surface area contributed by atoms with Crippen LogP contribution in [0.15, 0.2) is 24.3 Å². The van der Waals surface area contributed by atoms with Gasteiger partial charge in [0.2, 0.25) is 0 Å². The van der Waals surface area contributed by atoms with Gasteiger partial charge < -0.3 is 15.9 Å². The predicted molar refractivity (Wildman–Crippen MR) is 68.2 cm³/mol. The Morgan fingerprint density at radius 2 is 1.75 bits per heavy atom. The zero-order valence-electron chi connectivity index (χ0n) is 10.4. The van der Waals surface area contributed by atoms with E-state index in [9.17, 15) is 19.7 Å². The highest BCUT2D eigenvalue weighted by Crippen LogP contribution is 2.18. The van der Waals surface area contributed by atoms with Crippen LogP contribution in [0.4, 0.5) is 5.69 Å². The van der Waals surface area contributed by atoms with Crippen LogP contribution in [0.2, 0.25) is 0 Å². The number of carboxylic acids is 2. The standard InChI is InChI=1S/C12H14N2O6/c13-10(12(17)18)6-8(11(15)16)5-7-1-3-9(4-2-7)14(19)20/h1-4,8,10H,5-6,13H2,(H,15,16)(H,17,18)/t8?,10-/m0/s1. The molecule has 0 amide bonds. The summed E-state index contributed by atoms with van der Waals surface area (Å²) in [5.41, 5.74) is 5.80. The molecule has 0 fully saturated rings. The molecule has 108 valence electrons. The van der Waals surface area contributed by atoms with Gasteiger partial charge in [-0.05, 0) is 18.4 Å². The lowest BCUT2D eigenvalue weighted by Crippen LogP contribution is -2.35. The van der Waals surface area contributed by atoms with E-state index in [0.717, 1.165) is 0 Å². The first-order valence-corrected chi connectivity index (χ1v) is 5.75. The van der Waals surface area contributed by atoms with E-state index < -0.39 is 28.8 Å². The number of nitro groups is 1. The average molecular weight is 282 g/mol. The zero-order chi connectivity index (χ0) is 15.3. The summed E-state index contributed by atoms with van der Waals surface area (Å²) in [6.07, 6.45) is -0.143. The molecule has 0 saturated carbocycles. The summed E-state index contributed by atoms with van der Waals surface area (Å²) in [5, 5.41) is 28.2. The van der Waals surface area contributed by atoms with Crippen LogP contribution in [0.5, 0.6) is 0 Å². The van der Waals surface area contributed by atoms with Crippen molar-refractivity contribution in [1.82, 2.24) is 0 Å². The fourth-order valence-electron chi connectivity index (χ4n) is 1.72. The molecule has 1 rings (SSSR count). The Labute approximate surface area is 114 Å². The van der Waals surface area contributed by atoms with Gasteiger partial charge in [-0.25, -0.2) is 0 Å². The third-order valence-corrected chi connectivity index (χ3v) is 2.83. The molecule has 1 unspecified atom stereocenters. The second-order valence-electron chi connectivity index (χ2n) is 4.34. The van der Waals surface area contributed by atoms with Gasteiger partial charge in [-0.3, -0.25) is 19.7 Å². The first-order chi connectivity index (χ1) is 9.31. The smallest absolute Gasteiger partial charge is 0.320 e. The van der Waals surface area contributed by atoms with Crippen molar-refractivity contribution in [3.05, 3.63) is 39.9 Å². The van der Waals surface area contributed by atoms with Crippen molar-refractivity contribution in [2.45, 2.75) is 18.9 Å². The SMILES string of the molecule is N[C@@H](CC(Cc1ccc([N+](=O)[O-])cc1)C(=O)O)C(=O)O. The van der Waals surface area contributed by atoms with E-state index >= 15 is 0 Å². The summed E-state index contributed by atoms with van der Waals surface area (Å²) >= 11 is 0. The Morgan fingerprint density at radius 1 is 1.20 bits per heavy atom. The topological polar surface area (TPSA) is 144 Å². The maximum Gasteiger partial charge on any atom is 0.320 e. The first-order valence-electron chi connectivity index (χ1n) is 5.75. The van der Waals surface area contributed by atoms with Crippen LogP contribution >= 0.6 is 0 Å². The van der Waals surface area contributed by atoms with Gasteiger partial charge in [0.05, 0.1) is 10.8 Å². The van der Waals surface area contributed by atoms with Crippen molar-refractivity contribution in [1.29, 1.82) is 0 Å². The number of hydrogen-bond acceptors (Lipinski definition) is 5. The van der Waals surface area contributed by atoms with Crippen LogP contribution in [0.3, 0.4) is 0 Å². The molecule has 1 aromatic rings. The van der Waals surface area contributed by atoms with Gasteiger partial charge in [0.1, 0.15) is 6.04 Å². The van der Waals surface area contributed by atoms with Gasteiger partial charge >= 0.3 is 11.9 Å². The van der Waals surface area contributed by atoms with Crippen LogP contribution < -0.4 is 5.73 Å². The highest BCUT2D eigenvalue weighted by Gasteiger charge is 2.24. The van der Waals surface area contributed by atoms with Crippen molar-refractivity contribution < 1.29 is 24.7 Å². The lowest BCUT2D eigenvalue weighted by atomic mass is 9.93. The third kappa shape index (κ3) is 4.32. The number of rotatable bonds is 7. The summed E-state index contributed by atoms with van der Waals surface area (Å²) in [5.74, 6) is -3.37. The van der Waals surface area contributed by atoms with E-state index in [1.54, 1.807) is 0 Å². The molecule has 0 aliphatic heterocycles. The van der Waals surface area contributed by atoms with Gasteiger partial charge in [0.25, 0.3) is 5.69 Å². The summed E-state index contributed by atoms with van der Waals surface area (Å²) in [4.78, 5) is 31.7. The Morgan fingerprint density at radius 3 is 2.15 bits per heavy atom. The Kier molecular flexibility index (Phi) is 5.15. The summed E-state index contributed by atoms with van der Waals surface area (Å²) in [6.45, 7) is 0. The Hall–Kier alpha value is -2.48. The van der Waals surface area contributed by atoms with E-state index in [2.05, 4.69) is 0 Å². The molecule has 4 N–H and O–H groups in total. The molecule has 2 atom stereocenters. The Balaban J connectivity index is 2.77. The average Bonchev–Trinajstić information content (AvgIpc) is 2.38. The lowest BCUT2D eigenvalue weighted by molar-refractivity contribution is -0.384. The molecule has 0 saturated heterocycles. The van der Waals surface area contributed by atoms with Crippen LogP contribution in [-0.2, 0) is 16.0 Å².